The number of carboxylic acids is 1. The summed E-state index contributed by atoms with van der Waals surface area (Å²) in [5.74, 6) is -0.861. The van der Waals surface area contributed by atoms with Crippen molar-refractivity contribution in [1.82, 2.24) is 0 Å². The Morgan fingerprint density at radius 1 is 0.865 bits per heavy atom. The summed E-state index contributed by atoms with van der Waals surface area (Å²) in [6.45, 7) is 11.6. The molecule has 5 nitrogen and oxygen atoms in total. The monoisotopic (exact) mass is 500 g/mol. The summed E-state index contributed by atoms with van der Waals surface area (Å²) in [6.07, 6.45) is 2.40. The summed E-state index contributed by atoms with van der Waals surface area (Å²) in [5.41, 5.74) is 6.11. The van der Waals surface area contributed by atoms with Crippen molar-refractivity contribution in [2.45, 2.75) is 71.3 Å². The van der Waals surface area contributed by atoms with Gasteiger partial charge in [-0.25, -0.2) is 4.79 Å². The van der Waals surface area contributed by atoms with Gasteiger partial charge in [-0.3, -0.25) is 4.79 Å². The first kappa shape index (κ1) is 26.5. The van der Waals surface area contributed by atoms with Crippen LogP contribution in [0.1, 0.15) is 80.1 Å². The van der Waals surface area contributed by atoms with Gasteiger partial charge in [0, 0.05) is 5.56 Å². The van der Waals surface area contributed by atoms with Crippen LogP contribution in [0.5, 0.6) is 5.75 Å². The van der Waals surface area contributed by atoms with Gasteiger partial charge in [0.1, 0.15) is 12.4 Å². The SMILES string of the molecule is CCOC(=O)Cc1cccc(-c2c(OCc3ccc4c(c3)C(C)(C)CCC4(C)C)cccc2C(=O)O)c1. The Hall–Kier alpha value is -3.60. The van der Waals surface area contributed by atoms with Gasteiger partial charge in [0.05, 0.1) is 18.6 Å². The van der Waals surface area contributed by atoms with Gasteiger partial charge in [0.15, 0.2) is 0 Å². The molecule has 3 aromatic carbocycles. The molecule has 1 aliphatic rings. The smallest absolute Gasteiger partial charge is 0.336 e. The van der Waals surface area contributed by atoms with E-state index in [9.17, 15) is 14.7 Å². The van der Waals surface area contributed by atoms with Crippen molar-refractivity contribution >= 4 is 11.9 Å². The van der Waals surface area contributed by atoms with Gasteiger partial charge in [0.2, 0.25) is 0 Å². The van der Waals surface area contributed by atoms with Gasteiger partial charge in [-0.15, -0.1) is 0 Å². The van der Waals surface area contributed by atoms with E-state index in [1.807, 2.05) is 24.3 Å². The Kier molecular flexibility index (Phi) is 7.44. The molecule has 0 heterocycles. The van der Waals surface area contributed by atoms with Gasteiger partial charge in [-0.1, -0.05) is 76.2 Å². The first-order valence-corrected chi connectivity index (χ1v) is 12.9. The molecule has 37 heavy (non-hydrogen) atoms. The van der Waals surface area contributed by atoms with Crippen LogP contribution in [0.4, 0.5) is 0 Å². The van der Waals surface area contributed by atoms with Crippen molar-refractivity contribution in [2.75, 3.05) is 6.61 Å². The summed E-state index contributed by atoms with van der Waals surface area (Å²) < 4.78 is 11.4. The number of rotatable bonds is 8. The van der Waals surface area contributed by atoms with Crippen molar-refractivity contribution in [3.63, 3.8) is 0 Å². The van der Waals surface area contributed by atoms with E-state index in [0.29, 0.717) is 30.1 Å². The van der Waals surface area contributed by atoms with Crippen molar-refractivity contribution in [3.8, 4) is 16.9 Å². The molecule has 0 radical (unpaired) electrons. The minimum absolute atomic E-state index is 0.0919. The molecule has 0 amide bonds. The minimum Gasteiger partial charge on any atom is -0.488 e. The van der Waals surface area contributed by atoms with Crippen LogP contribution in [0.2, 0.25) is 0 Å². The van der Waals surface area contributed by atoms with E-state index < -0.39 is 5.97 Å². The summed E-state index contributed by atoms with van der Waals surface area (Å²) >= 11 is 0. The van der Waals surface area contributed by atoms with Crippen LogP contribution < -0.4 is 4.74 Å². The van der Waals surface area contributed by atoms with Crippen molar-refractivity contribution in [3.05, 3.63) is 88.5 Å². The van der Waals surface area contributed by atoms with E-state index >= 15 is 0 Å². The first-order chi connectivity index (χ1) is 17.5. The van der Waals surface area contributed by atoms with Crippen molar-refractivity contribution in [2.24, 2.45) is 0 Å². The Morgan fingerprint density at radius 2 is 1.57 bits per heavy atom. The summed E-state index contributed by atoms with van der Waals surface area (Å²) in [4.78, 5) is 24.1. The van der Waals surface area contributed by atoms with Crippen molar-refractivity contribution < 1.29 is 24.2 Å². The van der Waals surface area contributed by atoms with Gasteiger partial charge in [-0.05, 0) is 70.5 Å². The molecule has 0 atom stereocenters. The third-order valence-electron chi connectivity index (χ3n) is 7.44. The van der Waals surface area contributed by atoms with Crippen LogP contribution in [0.15, 0.2) is 60.7 Å². The van der Waals surface area contributed by atoms with E-state index in [1.54, 1.807) is 25.1 Å². The number of esters is 1. The van der Waals surface area contributed by atoms with Crippen LogP contribution in [-0.2, 0) is 33.4 Å². The average Bonchev–Trinajstić information content (AvgIpc) is 2.85. The number of fused-ring (bicyclic) bond motifs is 1. The van der Waals surface area contributed by atoms with E-state index in [-0.39, 0.29) is 28.8 Å². The zero-order valence-electron chi connectivity index (χ0n) is 22.4. The molecule has 0 aliphatic heterocycles. The second-order valence-corrected chi connectivity index (χ2v) is 11.1. The molecule has 1 N–H and O–H groups in total. The van der Waals surface area contributed by atoms with Gasteiger partial charge >= 0.3 is 11.9 Å². The Morgan fingerprint density at radius 3 is 2.27 bits per heavy atom. The molecule has 0 saturated carbocycles. The quantitative estimate of drug-likeness (QED) is 0.334. The molecule has 0 spiro atoms. The Bertz CT molecular complexity index is 1320. The predicted octanol–water partition coefficient (Wildman–Crippen LogP) is 7.09. The molecular formula is C32H36O5. The highest BCUT2D eigenvalue weighted by Gasteiger charge is 2.36. The highest BCUT2D eigenvalue weighted by molar-refractivity contribution is 5.98. The number of benzene rings is 3. The molecule has 194 valence electrons. The summed E-state index contributed by atoms with van der Waals surface area (Å²) in [7, 11) is 0. The van der Waals surface area contributed by atoms with Crippen molar-refractivity contribution in [1.29, 1.82) is 0 Å². The number of carboxylic acid groups (broad SMARTS) is 1. The summed E-state index contributed by atoms with van der Waals surface area (Å²) in [6, 6.07) is 19.0. The zero-order valence-corrected chi connectivity index (χ0v) is 22.4. The molecule has 0 fully saturated rings. The fourth-order valence-corrected chi connectivity index (χ4v) is 5.23. The molecule has 1 aliphatic carbocycles. The normalized spacial score (nSPS) is 15.5. The number of aromatic carboxylic acids is 1. The maximum Gasteiger partial charge on any atom is 0.336 e. The minimum atomic E-state index is -1.03. The second kappa shape index (κ2) is 10.4. The fraction of sp³-hybridized carbons (Fsp3) is 0.375. The number of ether oxygens (including phenoxy) is 2. The van der Waals surface area contributed by atoms with E-state index in [1.165, 1.54) is 11.1 Å². The lowest BCUT2D eigenvalue weighted by molar-refractivity contribution is -0.142. The second-order valence-electron chi connectivity index (χ2n) is 11.1. The lowest BCUT2D eigenvalue weighted by Gasteiger charge is -2.42. The number of hydrogen-bond acceptors (Lipinski definition) is 4. The Labute approximate surface area is 219 Å². The molecule has 0 bridgehead atoms. The maximum absolute atomic E-state index is 12.1. The largest absolute Gasteiger partial charge is 0.488 e. The lowest BCUT2D eigenvalue weighted by Crippen LogP contribution is -2.33. The number of carbonyl (C=O) groups is 2. The standard InChI is InChI=1S/C32H36O5/c1-6-36-28(33)19-21-9-7-10-23(17-21)29-24(30(34)35)11-8-12-27(29)37-20-22-13-14-25-26(18-22)32(4,5)16-15-31(25,2)3/h7-14,17-18H,6,15-16,19-20H2,1-5H3,(H,34,35). The van der Waals surface area contributed by atoms with Gasteiger partial charge in [0.25, 0.3) is 0 Å². The maximum atomic E-state index is 12.1. The topological polar surface area (TPSA) is 72.8 Å². The molecule has 5 heteroatoms. The molecule has 3 aromatic rings. The van der Waals surface area contributed by atoms with Crippen LogP contribution in [0.25, 0.3) is 11.1 Å². The third kappa shape index (κ3) is 5.71. The predicted molar refractivity (Wildman–Crippen MR) is 145 cm³/mol. The lowest BCUT2D eigenvalue weighted by atomic mass is 9.63. The average molecular weight is 501 g/mol. The van der Waals surface area contributed by atoms with Gasteiger partial charge < -0.3 is 14.6 Å². The van der Waals surface area contributed by atoms with Crippen LogP contribution in [-0.4, -0.2) is 23.7 Å². The highest BCUT2D eigenvalue weighted by Crippen LogP contribution is 2.46. The molecule has 0 aromatic heterocycles. The highest BCUT2D eigenvalue weighted by atomic mass is 16.5. The number of carbonyl (C=O) groups excluding carboxylic acids is 1. The number of hydrogen-bond donors (Lipinski definition) is 1. The molecule has 0 saturated heterocycles. The fourth-order valence-electron chi connectivity index (χ4n) is 5.23. The summed E-state index contributed by atoms with van der Waals surface area (Å²) in [5, 5.41) is 9.93. The molecule has 0 unspecified atom stereocenters. The zero-order chi connectivity index (χ0) is 26.8. The third-order valence-corrected chi connectivity index (χ3v) is 7.44. The molecule has 4 rings (SSSR count). The van der Waals surface area contributed by atoms with Crippen LogP contribution in [0.3, 0.4) is 0 Å². The Balaban J connectivity index is 1.67. The molecular weight excluding hydrogens is 464 g/mol. The van der Waals surface area contributed by atoms with E-state index in [0.717, 1.165) is 24.0 Å². The van der Waals surface area contributed by atoms with E-state index in [2.05, 4.69) is 45.9 Å². The van der Waals surface area contributed by atoms with Crippen LogP contribution in [0, 0.1) is 0 Å². The van der Waals surface area contributed by atoms with E-state index in [4.69, 9.17) is 9.47 Å². The van der Waals surface area contributed by atoms with Crippen LogP contribution >= 0.6 is 0 Å². The van der Waals surface area contributed by atoms with Gasteiger partial charge in [-0.2, -0.15) is 0 Å². The first-order valence-electron chi connectivity index (χ1n) is 12.9.